The van der Waals surface area contributed by atoms with E-state index in [2.05, 4.69) is 20.8 Å². The first-order valence-corrected chi connectivity index (χ1v) is 10.2. The van der Waals surface area contributed by atoms with Crippen molar-refractivity contribution in [1.82, 2.24) is 0 Å². The molecule has 3 nitrogen and oxygen atoms in total. The molecule has 0 bridgehead atoms. The van der Waals surface area contributed by atoms with Gasteiger partial charge in [-0.05, 0) is 54.2 Å². The zero-order valence-electron chi connectivity index (χ0n) is 15.6. The summed E-state index contributed by atoms with van der Waals surface area (Å²) in [5.74, 6) is 0. The van der Waals surface area contributed by atoms with Crippen LogP contribution in [0.2, 0.25) is 5.02 Å². The maximum Gasteiger partial charge on any atom is 0.297 e. The molecule has 2 aromatic rings. The minimum Gasteiger partial charge on any atom is -0.262 e. The van der Waals surface area contributed by atoms with Gasteiger partial charge in [-0.25, -0.2) is 0 Å². The van der Waals surface area contributed by atoms with Gasteiger partial charge in [-0.3, -0.25) is 4.18 Å². The van der Waals surface area contributed by atoms with Gasteiger partial charge in [0, 0.05) is 5.02 Å². The number of hydrogen-bond acceptors (Lipinski definition) is 3. The van der Waals surface area contributed by atoms with Crippen molar-refractivity contribution in [3.63, 3.8) is 0 Å². The maximum atomic E-state index is 12.4. The summed E-state index contributed by atoms with van der Waals surface area (Å²) >= 11 is 5.93. The van der Waals surface area contributed by atoms with Crippen LogP contribution in [0.4, 0.5) is 0 Å². The van der Waals surface area contributed by atoms with Crippen LogP contribution in [-0.2, 0) is 14.3 Å². The molecule has 2 rings (SSSR count). The van der Waals surface area contributed by atoms with Crippen molar-refractivity contribution in [2.24, 2.45) is 5.41 Å². The van der Waals surface area contributed by atoms with Crippen LogP contribution in [0.5, 0.6) is 0 Å². The predicted octanol–water partition coefficient (Wildman–Crippen LogP) is 5.87. The standard InChI is InChI=1S/C21H25ClO3S/c1-16-5-11-20(12-6-16)26(23,24)25-15-18(14-21(2,3)4)13-17-7-9-19(22)10-8-17/h5-13H,14-15H2,1-4H3/b18-13-. The molecule has 0 aliphatic heterocycles. The average Bonchev–Trinajstić information content (AvgIpc) is 2.54. The smallest absolute Gasteiger partial charge is 0.262 e. The molecule has 0 spiro atoms. The topological polar surface area (TPSA) is 43.4 Å². The molecule has 0 aliphatic rings. The molecule has 0 atom stereocenters. The second-order valence-electron chi connectivity index (χ2n) is 7.62. The van der Waals surface area contributed by atoms with E-state index in [0.29, 0.717) is 5.02 Å². The van der Waals surface area contributed by atoms with Crippen LogP contribution in [0.25, 0.3) is 6.08 Å². The van der Waals surface area contributed by atoms with Crippen molar-refractivity contribution in [3.05, 3.63) is 70.3 Å². The van der Waals surface area contributed by atoms with Crippen LogP contribution in [0.15, 0.2) is 59.0 Å². The number of aryl methyl sites for hydroxylation is 1. The van der Waals surface area contributed by atoms with Gasteiger partial charge in [0.25, 0.3) is 10.1 Å². The highest BCUT2D eigenvalue weighted by Gasteiger charge is 2.19. The minimum absolute atomic E-state index is 0.00917. The van der Waals surface area contributed by atoms with Gasteiger partial charge in [0.2, 0.25) is 0 Å². The molecular weight excluding hydrogens is 368 g/mol. The number of rotatable bonds is 6. The summed E-state index contributed by atoms with van der Waals surface area (Å²) < 4.78 is 30.2. The van der Waals surface area contributed by atoms with E-state index in [9.17, 15) is 8.42 Å². The first-order valence-electron chi connectivity index (χ1n) is 8.46. The summed E-state index contributed by atoms with van der Waals surface area (Å²) in [5.41, 5.74) is 2.88. The van der Waals surface area contributed by atoms with Gasteiger partial charge in [0.15, 0.2) is 0 Å². The molecule has 0 unspecified atom stereocenters. The van der Waals surface area contributed by atoms with Gasteiger partial charge >= 0.3 is 0 Å². The lowest BCUT2D eigenvalue weighted by Gasteiger charge is -2.20. The van der Waals surface area contributed by atoms with Gasteiger partial charge in [0.05, 0.1) is 11.5 Å². The third-order valence-electron chi connectivity index (χ3n) is 3.71. The average molecular weight is 393 g/mol. The van der Waals surface area contributed by atoms with Crippen molar-refractivity contribution in [2.75, 3.05) is 6.61 Å². The first-order chi connectivity index (χ1) is 12.0. The summed E-state index contributed by atoms with van der Waals surface area (Å²) in [6.07, 6.45) is 2.69. The number of benzene rings is 2. The molecule has 140 valence electrons. The Bertz CT molecular complexity index is 859. The van der Waals surface area contributed by atoms with E-state index in [1.165, 1.54) is 0 Å². The predicted molar refractivity (Wildman–Crippen MR) is 108 cm³/mol. The summed E-state index contributed by atoms with van der Waals surface area (Å²) in [6, 6.07) is 14.1. The summed E-state index contributed by atoms with van der Waals surface area (Å²) in [6.45, 7) is 8.26. The van der Waals surface area contributed by atoms with Crippen LogP contribution in [0.3, 0.4) is 0 Å². The first kappa shape index (κ1) is 20.7. The Kier molecular flexibility index (Phi) is 6.67. The molecule has 0 saturated carbocycles. The summed E-state index contributed by atoms with van der Waals surface area (Å²) in [5, 5.41) is 0.665. The lowest BCUT2D eigenvalue weighted by molar-refractivity contribution is 0.323. The fourth-order valence-electron chi connectivity index (χ4n) is 2.55. The van der Waals surface area contributed by atoms with Crippen LogP contribution < -0.4 is 0 Å². The van der Waals surface area contributed by atoms with Crippen molar-refractivity contribution in [3.8, 4) is 0 Å². The Labute approximate surface area is 161 Å². The quantitative estimate of drug-likeness (QED) is 0.577. The zero-order valence-corrected chi connectivity index (χ0v) is 17.2. The highest BCUT2D eigenvalue weighted by Crippen LogP contribution is 2.27. The lowest BCUT2D eigenvalue weighted by Crippen LogP contribution is -2.13. The highest BCUT2D eigenvalue weighted by molar-refractivity contribution is 7.86. The SMILES string of the molecule is Cc1ccc(S(=O)(=O)OC/C(=C\c2ccc(Cl)cc2)CC(C)(C)C)cc1. The molecule has 0 N–H and O–H groups in total. The summed E-state index contributed by atoms with van der Waals surface area (Å²) in [7, 11) is -3.79. The van der Waals surface area contributed by atoms with Crippen molar-refractivity contribution in [2.45, 2.75) is 39.0 Å². The van der Waals surface area contributed by atoms with Crippen LogP contribution in [-0.4, -0.2) is 15.0 Å². The molecule has 0 aliphatic carbocycles. The molecule has 0 fully saturated rings. The van der Waals surface area contributed by atoms with Crippen molar-refractivity contribution >= 4 is 27.8 Å². The van der Waals surface area contributed by atoms with Crippen molar-refractivity contribution < 1.29 is 12.6 Å². The maximum absolute atomic E-state index is 12.4. The Balaban J connectivity index is 2.21. The van der Waals surface area contributed by atoms with E-state index in [1.807, 2.05) is 37.3 Å². The number of hydrogen-bond donors (Lipinski definition) is 0. The molecule has 5 heteroatoms. The normalized spacial score (nSPS) is 13.0. The molecule has 0 radical (unpaired) electrons. The molecule has 0 heterocycles. The molecule has 2 aromatic carbocycles. The Morgan fingerprint density at radius 2 is 1.62 bits per heavy atom. The highest BCUT2D eigenvalue weighted by atomic mass is 35.5. The fourth-order valence-corrected chi connectivity index (χ4v) is 3.58. The van der Waals surface area contributed by atoms with Gasteiger partial charge in [-0.15, -0.1) is 0 Å². The van der Waals surface area contributed by atoms with Crippen LogP contribution in [0, 0.1) is 12.3 Å². The number of halogens is 1. The third-order valence-corrected chi connectivity index (χ3v) is 5.24. The summed E-state index contributed by atoms with van der Waals surface area (Å²) in [4.78, 5) is 0.171. The van der Waals surface area contributed by atoms with E-state index >= 15 is 0 Å². The van der Waals surface area contributed by atoms with Crippen molar-refractivity contribution in [1.29, 1.82) is 0 Å². The molecule has 0 amide bonds. The van der Waals surface area contributed by atoms with E-state index in [-0.39, 0.29) is 16.9 Å². The zero-order chi connectivity index (χ0) is 19.4. The van der Waals surface area contributed by atoms with Gasteiger partial charge in [-0.1, -0.05) is 68.3 Å². The second-order valence-corrected chi connectivity index (χ2v) is 9.67. The van der Waals surface area contributed by atoms with E-state index in [0.717, 1.165) is 23.1 Å². The van der Waals surface area contributed by atoms with E-state index in [1.54, 1.807) is 24.3 Å². The fraction of sp³-hybridized carbons (Fsp3) is 0.333. The van der Waals surface area contributed by atoms with Gasteiger partial charge < -0.3 is 0 Å². The minimum atomic E-state index is -3.79. The molecule has 0 aromatic heterocycles. The van der Waals surface area contributed by atoms with E-state index in [4.69, 9.17) is 15.8 Å². The Hall–Kier alpha value is -1.62. The monoisotopic (exact) mass is 392 g/mol. The second kappa shape index (κ2) is 8.38. The van der Waals surface area contributed by atoms with Gasteiger partial charge in [0.1, 0.15) is 0 Å². The van der Waals surface area contributed by atoms with Gasteiger partial charge in [-0.2, -0.15) is 8.42 Å². The molecular formula is C21H25ClO3S. The Morgan fingerprint density at radius 3 is 2.15 bits per heavy atom. The Morgan fingerprint density at radius 1 is 1.04 bits per heavy atom. The third kappa shape index (κ3) is 6.60. The lowest BCUT2D eigenvalue weighted by atomic mass is 9.87. The van der Waals surface area contributed by atoms with Crippen LogP contribution in [0.1, 0.15) is 38.3 Å². The van der Waals surface area contributed by atoms with Crippen LogP contribution >= 0.6 is 11.6 Å². The molecule has 0 saturated heterocycles. The molecule has 26 heavy (non-hydrogen) atoms. The van der Waals surface area contributed by atoms with E-state index < -0.39 is 10.1 Å². The largest absolute Gasteiger partial charge is 0.297 e.